The minimum Gasteiger partial charge on any atom is -0.463 e. The highest BCUT2D eigenvalue weighted by Gasteiger charge is 2.04. The predicted molar refractivity (Wildman–Crippen MR) is 66.0 cm³/mol. The van der Waals surface area contributed by atoms with Crippen molar-refractivity contribution in [1.29, 1.82) is 0 Å². The van der Waals surface area contributed by atoms with E-state index in [-0.39, 0.29) is 5.97 Å². The molecule has 0 heterocycles. The van der Waals surface area contributed by atoms with Crippen molar-refractivity contribution in [3.63, 3.8) is 0 Å². The summed E-state index contributed by atoms with van der Waals surface area (Å²) >= 11 is 0. The molecule has 86 valence electrons. The van der Waals surface area contributed by atoms with E-state index >= 15 is 0 Å². The average molecular weight is 218 g/mol. The van der Waals surface area contributed by atoms with Gasteiger partial charge < -0.3 is 4.74 Å². The van der Waals surface area contributed by atoms with Crippen LogP contribution in [0.3, 0.4) is 0 Å². The summed E-state index contributed by atoms with van der Waals surface area (Å²) in [5.41, 5.74) is 2.14. The molecule has 0 saturated heterocycles. The molecule has 0 aromatic heterocycles. The number of allylic oxidation sites excluding steroid dienone is 1. The number of hydrogen-bond acceptors (Lipinski definition) is 2. The lowest BCUT2D eigenvalue weighted by atomic mass is 10.0. The molecule has 0 amide bonds. The monoisotopic (exact) mass is 218 g/mol. The van der Waals surface area contributed by atoms with Gasteiger partial charge in [-0.3, -0.25) is 0 Å². The van der Waals surface area contributed by atoms with E-state index in [1.54, 1.807) is 6.08 Å². The Labute approximate surface area is 96.9 Å². The topological polar surface area (TPSA) is 26.3 Å². The smallest absolute Gasteiger partial charge is 0.331 e. The molecule has 1 aromatic carbocycles. The number of hydrogen-bond donors (Lipinski definition) is 0. The zero-order valence-corrected chi connectivity index (χ0v) is 9.90. The Morgan fingerprint density at radius 3 is 2.50 bits per heavy atom. The van der Waals surface area contributed by atoms with Gasteiger partial charge in [0.25, 0.3) is 0 Å². The highest BCUT2D eigenvalue weighted by atomic mass is 16.5. The van der Waals surface area contributed by atoms with E-state index in [4.69, 9.17) is 4.74 Å². The molecule has 0 saturated carbocycles. The molecule has 0 bridgehead atoms. The number of carbonyl (C=O) groups excluding carboxylic acids is 1. The van der Waals surface area contributed by atoms with Crippen LogP contribution < -0.4 is 0 Å². The van der Waals surface area contributed by atoms with Gasteiger partial charge in [-0.25, -0.2) is 4.79 Å². The van der Waals surface area contributed by atoms with Crippen molar-refractivity contribution in [3.05, 3.63) is 42.0 Å². The van der Waals surface area contributed by atoms with Crippen molar-refractivity contribution in [2.24, 2.45) is 0 Å². The van der Waals surface area contributed by atoms with Gasteiger partial charge in [0, 0.05) is 6.08 Å². The van der Waals surface area contributed by atoms with E-state index < -0.39 is 0 Å². The SMILES string of the molecule is CCC/C(=C\C(=O)OCC)c1ccccc1. The molecule has 1 aromatic rings. The highest BCUT2D eigenvalue weighted by Crippen LogP contribution is 2.19. The molecule has 2 nitrogen and oxygen atoms in total. The first-order valence-electron chi connectivity index (χ1n) is 5.70. The second-order valence-electron chi connectivity index (χ2n) is 3.54. The van der Waals surface area contributed by atoms with Crippen LogP contribution in [-0.2, 0) is 9.53 Å². The van der Waals surface area contributed by atoms with E-state index in [1.165, 1.54) is 0 Å². The summed E-state index contributed by atoms with van der Waals surface area (Å²) < 4.78 is 4.92. The fraction of sp³-hybridized carbons (Fsp3) is 0.357. The third-order valence-electron chi connectivity index (χ3n) is 2.24. The number of esters is 1. The van der Waals surface area contributed by atoms with Crippen LogP contribution >= 0.6 is 0 Å². The summed E-state index contributed by atoms with van der Waals surface area (Å²) in [5.74, 6) is -0.255. The third kappa shape index (κ3) is 3.89. The number of benzene rings is 1. The lowest BCUT2D eigenvalue weighted by Crippen LogP contribution is -2.01. The van der Waals surface area contributed by atoms with Crippen molar-refractivity contribution in [2.45, 2.75) is 26.7 Å². The summed E-state index contributed by atoms with van der Waals surface area (Å²) in [7, 11) is 0. The van der Waals surface area contributed by atoms with E-state index in [9.17, 15) is 4.79 Å². The minimum absolute atomic E-state index is 0.255. The molecule has 0 aliphatic heterocycles. The number of rotatable bonds is 5. The maximum absolute atomic E-state index is 11.4. The quantitative estimate of drug-likeness (QED) is 0.559. The van der Waals surface area contributed by atoms with Crippen molar-refractivity contribution in [2.75, 3.05) is 6.61 Å². The zero-order valence-electron chi connectivity index (χ0n) is 9.90. The zero-order chi connectivity index (χ0) is 11.8. The normalized spacial score (nSPS) is 11.2. The molecule has 16 heavy (non-hydrogen) atoms. The average Bonchev–Trinajstić information content (AvgIpc) is 2.30. The maximum Gasteiger partial charge on any atom is 0.331 e. The molecule has 0 N–H and O–H groups in total. The molecule has 1 rings (SSSR count). The van der Waals surface area contributed by atoms with Gasteiger partial charge in [-0.15, -0.1) is 0 Å². The van der Waals surface area contributed by atoms with Crippen molar-refractivity contribution < 1.29 is 9.53 Å². The van der Waals surface area contributed by atoms with Crippen LogP contribution in [0.25, 0.3) is 5.57 Å². The largest absolute Gasteiger partial charge is 0.463 e. The molecule has 0 spiro atoms. The first kappa shape index (κ1) is 12.5. The van der Waals surface area contributed by atoms with Crippen molar-refractivity contribution in [3.8, 4) is 0 Å². The second kappa shape index (κ2) is 6.83. The van der Waals surface area contributed by atoms with E-state index in [0.29, 0.717) is 6.61 Å². The Kier molecular flexibility index (Phi) is 5.34. The number of ether oxygens (including phenoxy) is 1. The second-order valence-corrected chi connectivity index (χ2v) is 3.54. The van der Waals surface area contributed by atoms with Gasteiger partial charge in [0.2, 0.25) is 0 Å². The molecule has 0 aliphatic carbocycles. The predicted octanol–water partition coefficient (Wildman–Crippen LogP) is 3.43. The van der Waals surface area contributed by atoms with Crippen molar-refractivity contribution >= 4 is 11.5 Å². The summed E-state index contributed by atoms with van der Waals surface area (Å²) in [5, 5.41) is 0. The van der Waals surface area contributed by atoms with Gasteiger partial charge >= 0.3 is 5.97 Å². The standard InChI is InChI=1S/C14H18O2/c1-3-8-13(11-14(15)16-4-2)12-9-6-5-7-10-12/h5-7,9-11H,3-4,8H2,1-2H3/b13-11+. The van der Waals surface area contributed by atoms with Crippen LogP contribution in [0.5, 0.6) is 0 Å². The van der Waals surface area contributed by atoms with Crippen LogP contribution in [0, 0.1) is 0 Å². The van der Waals surface area contributed by atoms with E-state index in [1.807, 2.05) is 37.3 Å². The fourth-order valence-corrected chi connectivity index (χ4v) is 1.55. The summed E-state index contributed by atoms with van der Waals surface area (Å²) in [6.45, 7) is 4.33. The maximum atomic E-state index is 11.4. The highest BCUT2D eigenvalue weighted by molar-refractivity contribution is 5.91. The van der Waals surface area contributed by atoms with Gasteiger partial charge in [0.15, 0.2) is 0 Å². The Morgan fingerprint density at radius 2 is 1.94 bits per heavy atom. The summed E-state index contributed by atoms with van der Waals surface area (Å²) in [6.07, 6.45) is 3.51. The first-order chi connectivity index (χ1) is 7.77. The summed E-state index contributed by atoms with van der Waals surface area (Å²) in [4.78, 5) is 11.4. The van der Waals surface area contributed by atoms with Crippen LogP contribution in [-0.4, -0.2) is 12.6 Å². The Balaban J connectivity index is 2.86. The molecular weight excluding hydrogens is 200 g/mol. The lowest BCUT2D eigenvalue weighted by molar-refractivity contribution is -0.137. The third-order valence-corrected chi connectivity index (χ3v) is 2.24. The van der Waals surface area contributed by atoms with E-state index in [0.717, 1.165) is 24.0 Å². The molecule has 0 aliphatic rings. The molecule has 0 atom stereocenters. The van der Waals surface area contributed by atoms with Crippen LogP contribution in [0.4, 0.5) is 0 Å². The molecule has 2 heteroatoms. The van der Waals surface area contributed by atoms with Crippen LogP contribution in [0.15, 0.2) is 36.4 Å². The summed E-state index contributed by atoms with van der Waals surface area (Å²) in [6, 6.07) is 9.95. The van der Waals surface area contributed by atoms with Crippen LogP contribution in [0.2, 0.25) is 0 Å². The first-order valence-corrected chi connectivity index (χ1v) is 5.70. The Morgan fingerprint density at radius 1 is 1.25 bits per heavy atom. The Bertz CT molecular complexity index is 352. The minimum atomic E-state index is -0.255. The van der Waals surface area contributed by atoms with Crippen LogP contribution in [0.1, 0.15) is 32.3 Å². The van der Waals surface area contributed by atoms with Gasteiger partial charge in [0.1, 0.15) is 0 Å². The van der Waals surface area contributed by atoms with Gasteiger partial charge in [-0.1, -0.05) is 43.7 Å². The molecule has 0 unspecified atom stereocenters. The molecule has 0 radical (unpaired) electrons. The van der Waals surface area contributed by atoms with Gasteiger partial charge in [-0.2, -0.15) is 0 Å². The fourth-order valence-electron chi connectivity index (χ4n) is 1.55. The molecular formula is C14H18O2. The Hall–Kier alpha value is -1.57. The van der Waals surface area contributed by atoms with Gasteiger partial charge in [-0.05, 0) is 24.5 Å². The van der Waals surface area contributed by atoms with E-state index in [2.05, 4.69) is 6.92 Å². The van der Waals surface area contributed by atoms with Gasteiger partial charge in [0.05, 0.1) is 6.61 Å². The number of carbonyl (C=O) groups is 1. The van der Waals surface area contributed by atoms with Crippen molar-refractivity contribution in [1.82, 2.24) is 0 Å². The molecule has 0 fully saturated rings. The lowest BCUT2D eigenvalue weighted by Gasteiger charge is -2.06.